The van der Waals surface area contributed by atoms with Crippen molar-refractivity contribution in [1.29, 1.82) is 5.26 Å². The number of nitrogens with zero attached hydrogens (tertiary/aromatic N) is 5. The predicted molar refractivity (Wildman–Crippen MR) is 123 cm³/mol. The van der Waals surface area contributed by atoms with E-state index in [1.54, 1.807) is 34.1 Å². The van der Waals surface area contributed by atoms with Gasteiger partial charge in [0.25, 0.3) is 0 Å². The van der Waals surface area contributed by atoms with Crippen LogP contribution >= 0.6 is 0 Å². The van der Waals surface area contributed by atoms with Crippen molar-refractivity contribution in [2.75, 3.05) is 31.1 Å². The van der Waals surface area contributed by atoms with Crippen molar-refractivity contribution in [3.8, 4) is 6.07 Å². The van der Waals surface area contributed by atoms with Crippen molar-refractivity contribution in [3.05, 3.63) is 53.3 Å². The number of nitrogens with one attached hydrogen (secondary N) is 1. The highest BCUT2D eigenvalue weighted by Crippen LogP contribution is 2.28. The topological polar surface area (TPSA) is 102 Å². The Morgan fingerprint density at radius 1 is 1.06 bits per heavy atom. The summed E-state index contributed by atoms with van der Waals surface area (Å²) in [6, 6.07) is 7.78. The molecule has 11 heteroatoms. The number of anilines is 1. The van der Waals surface area contributed by atoms with Gasteiger partial charge < -0.3 is 15.1 Å². The first-order valence-corrected chi connectivity index (χ1v) is 11.1. The van der Waals surface area contributed by atoms with Gasteiger partial charge in [-0.1, -0.05) is 32.9 Å². The molecule has 1 aromatic carbocycles. The smallest absolute Gasteiger partial charge is 0.339 e. The Hall–Kier alpha value is -3.68. The van der Waals surface area contributed by atoms with E-state index in [0.717, 1.165) is 12.3 Å². The lowest BCUT2D eigenvalue weighted by molar-refractivity contribution is -0.141. The quantitative estimate of drug-likeness (QED) is 0.656. The summed E-state index contributed by atoms with van der Waals surface area (Å²) in [6.07, 6.45) is -3.00. The molecular weight excluding hydrogens is 461 g/mol. The first-order chi connectivity index (χ1) is 16.4. The monoisotopic (exact) mass is 488 g/mol. The van der Waals surface area contributed by atoms with E-state index >= 15 is 0 Å². The molecule has 1 atom stereocenters. The summed E-state index contributed by atoms with van der Waals surface area (Å²) in [6.45, 7) is 6.75. The molecule has 0 saturated carbocycles. The van der Waals surface area contributed by atoms with Crippen molar-refractivity contribution >= 4 is 17.8 Å². The lowest BCUT2D eigenvalue weighted by Gasteiger charge is -2.32. The zero-order chi connectivity index (χ0) is 25.8. The second-order valence-corrected chi connectivity index (χ2v) is 9.37. The minimum Gasteiger partial charge on any atom is -0.339 e. The number of Topliss-reactive ketones (excluding diaryl/α,β-unsaturated/α-hetero) is 1. The van der Waals surface area contributed by atoms with Crippen molar-refractivity contribution in [1.82, 2.24) is 20.2 Å². The summed E-state index contributed by atoms with van der Waals surface area (Å²) in [5, 5.41) is 11.8. The molecule has 0 spiro atoms. The Kier molecular flexibility index (Phi) is 7.63. The van der Waals surface area contributed by atoms with E-state index in [0.29, 0.717) is 30.6 Å². The van der Waals surface area contributed by atoms with E-state index < -0.39 is 29.4 Å². The zero-order valence-electron chi connectivity index (χ0n) is 19.8. The molecular formula is C24H27F3N6O2. The number of urea groups is 1. The van der Waals surface area contributed by atoms with Crippen molar-refractivity contribution in [3.63, 3.8) is 0 Å². The van der Waals surface area contributed by atoms with E-state index in [1.807, 2.05) is 26.8 Å². The molecule has 1 aromatic heterocycles. The number of amides is 2. The van der Waals surface area contributed by atoms with Crippen LogP contribution < -0.4 is 10.2 Å². The van der Waals surface area contributed by atoms with Crippen molar-refractivity contribution in [2.45, 2.75) is 39.4 Å². The van der Waals surface area contributed by atoms with Gasteiger partial charge in [0.1, 0.15) is 5.69 Å². The molecule has 0 aliphatic carbocycles. The zero-order valence-corrected chi connectivity index (χ0v) is 19.8. The molecule has 1 aliphatic rings. The summed E-state index contributed by atoms with van der Waals surface area (Å²) in [5.41, 5.74) is -0.801. The average molecular weight is 489 g/mol. The van der Waals surface area contributed by atoms with E-state index in [2.05, 4.69) is 15.3 Å². The number of nitriles is 1. The number of hydrogen-bond donors (Lipinski definition) is 1. The maximum absolute atomic E-state index is 13.2. The third kappa shape index (κ3) is 6.47. The highest BCUT2D eigenvalue weighted by molar-refractivity contribution is 6.02. The first kappa shape index (κ1) is 25.9. The molecule has 3 rings (SSSR count). The minimum absolute atomic E-state index is 0.0364. The largest absolute Gasteiger partial charge is 0.433 e. The summed E-state index contributed by atoms with van der Waals surface area (Å²) >= 11 is 0. The van der Waals surface area contributed by atoms with Crippen LogP contribution in [0.3, 0.4) is 0 Å². The van der Waals surface area contributed by atoms with Crippen LogP contribution in [-0.2, 0) is 6.18 Å². The average Bonchev–Trinajstić information content (AvgIpc) is 3.07. The van der Waals surface area contributed by atoms with Gasteiger partial charge in [-0.25, -0.2) is 14.8 Å². The molecule has 186 valence electrons. The van der Waals surface area contributed by atoms with E-state index in [1.165, 1.54) is 0 Å². The van der Waals surface area contributed by atoms with Gasteiger partial charge in [0, 0.05) is 37.9 Å². The number of benzene rings is 1. The van der Waals surface area contributed by atoms with Crippen LogP contribution in [0.1, 0.15) is 48.8 Å². The van der Waals surface area contributed by atoms with Gasteiger partial charge in [0.2, 0.25) is 5.95 Å². The fraction of sp³-hybridized carbons (Fsp3) is 0.458. The normalized spacial score (nSPS) is 15.7. The molecule has 1 unspecified atom stereocenters. The summed E-state index contributed by atoms with van der Waals surface area (Å²) in [4.78, 5) is 37.0. The Labute approximate surface area is 201 Å². The van der Waals surface area contributed by atoms with Gasteiger partial charge >= 0.3 is 12.2 Å². The number of carbonyl (C=O) groups is 2. The van der Waals surface area contributed by atoms with Gasteiger partial charge in [-0.3, -0.25) is 4.79 Å². The second-order valence-electron chi connectivity index (χ2n) is 9.37. The molecule has 1 N–H and O–H groups in total. The molecule has 2 amide bonds. The van der Waals surface area contributed by atoms with E-state index in [9.17, 15) is 22.8 Å². The first-order valence-electron chi connectivity index (χ1n) is 11.1. The molecule has 1 aliphatic heterocycles. The van der Waals surface area contributed by atoms with Crippen LogP contribution in [0.4, 0.5) is 23.9 Å². The maximum Gasteiger partial charge on any atom is 0.433 e. The Morgan fingerprint density at radius 2 is 1.74 bits per heavy atom. The number of halogens is 3. The van der Waals surface area contributed by atoms with Crippen LogP contribution in [0.5, 0.6) is 0 Å². The lowest BCUT2D eigenvalue weighted by atomic mass is 9.82. The van der Waals surface area contributed by atoms with Crippen molar-refractivity contribution in [2.24, 2.45) is 5.41 Å². The van der Waals surface area contributed by atoms with Gasteiger partial charge in [-0.05, 0) is 30.0 Å². The van der Waals surface area contributed by atoms with E-state index in [-0.39, 0.29) is 24.8 Å². The van der Waals surface area contributed by atoms with Crippen molar-refractivity contribution < 1.29 is 22.8 Å². The van der Waals surface area contributed by atoms with Crippen LogP contribution in [-0.4, -0.2) is 58.9 Å². The van der Waals surface area contributed by atoms with Gasteiger partial charge in [-0.15, -0.1) is 0 Å². The number of rotatable bonds is 4. The standard InChI is InChI=1S/C24H27F3N6O2/c1-23(2,3)20(19(34)17-7-5-16(15-28)6-8-17)31-22(35)33-12-4-11-32(13-14-33)21-29-10-9-18(30-21)24(25,26)27/h5-10,20H,4,11-14H2,1-3H3,(H,31,35). The highest BCUT2D eigenvalue weighted by Gasteiger charge is 2.35. The SMILES string of the molecule is CC(C)(C)C(NC(=O)N1CCCN(c2nccc(C(F)(F)F)n2)CC1)C(=O)c1ccc(C#N)cc1. The fourth-order valence-corrected chi connectivity index (χ4v) is 3.74. The number of carbonyl (C=O) groups excluding carboxylic acids is 2. The molecule has 2 aromatic rings. The van der Waals surface area contributed by atoms with E-state index in [4.69, 9.17) is 5.26 Å². The molecule has 1 saturated heterocycles. The molecule has 2 heterocycles. The molecule has 0 bridgehead atoms. The second kappa shape index (κ2) is 10.3. The van der Waals surface area contributed by atoms with Crippen LogP contribution in [0, 0.1) is 16.7 Å². The van der Waals surface area contributed by atoms with Gasteiger partial charge in [-0.2, -0.15) is 18.4 Å². The van der Waals surface area contributed by atoms with Crippen LogP contribution in [0.25, 0.3) is 0 Å². The highest BCUT2D eigenvalue weighted by atomic mass is 19.4. The molecule has 0 radical (unpaired) electrons. The van der Waals surface area contributed by atoms with Gasteiger partial charge in [0.05, 0.1) is 17.7 Å². The third-order valence-corrected chi connectivity index (χ3v) is 5.69. The maximum atomic E-state index is 13.2. The summed E-state index contributed by atoms with van der Waals surface area (Å²) in [5.74, 6) is -0.310. The predicted octanol–water partition coefficient (Wildman–Crippen LogP) is 3.89. The Morgan fingerprint density at radius 3 is 2.34 bits per heavy atom. The van der Waals surface area contributed by atoms with Crippen LogP contribution in [0.2, 0.25) is 0 Å². The molecule has 1 fully saturated rings. The Balaban J connectivity index is 1.70. The number of alkyl halides is 3. The summed E-state index contributed by atoms with van der Waals surface area (Å²) < 4.78 is 39.0. The lowest BCUT2D eigenvalue weighted by Crippen LogP contribution is -2.53. The number of aromatic nitrogens is 2. The number of ketones is 1. The third-order valence-electron chi connectivity index (χ3n) is 5.69. The fourth-order valence-electron chi connectivity index (χ4n) is 3.74. The summed E-state index contributed by atoms with van der Waals surface area (Å²) in [7, 11) is 0. The molecule has 8 nitrogen and oxygen atoms in total. The number of hydrogen-bond acceptors (Lipinski definition) is 6. The Bertz CT molecular complexity index is 1110. The minimum atomic E-state index is -4.57. The van der Waals surface area contributed by atoms with Crippen LogP contribution in [0.15, 0.2) is 36.5 Å². The van der Waals surface area contributed by atoms with Gasteiger partial charge in [0.15, 0.2) is 5.78 Å². The molecule has 35 heavy (non-hydrogen) atoms.